The number of fused-ring (bicyclic) bond motifs is 2. The lowest BCUT2D eigenvalue weighted by Crippen LogP contribution is -2.51. The molecular weight excluding hydrogens is 509 g/mol. The van der Waals surface area contributed by atoms with Crippen molar-refractivity contribution in [1.82, 2.24) is 15.1 Å². The molecule has 4 atom stereocenters. The Labute approximate surface area is 225 Å². The molecule has 2 fully saturated rings. The Morgan fingerprint density at radius 3 is 2.62 bits per heavy atom. The molecule has 0 radical (unpaired) electrons. The Kier molecular flexibility index (Phi) is 11.4. The second-order valence-electron chi connectivity index (χ2n) is 9.32. The third-order valence-corrected chi connectivity index (χ3v) is 8.43. The number of rotatable bonds is 13. The van der Waals surface area contributed by atoms with Gasteiger partial charge in [0, 0.05) is 49.0 Å². The largest absolute Gasteiger partial charge is 0.354 e. The van der Waals surface area contributed by atoms with E-state index in [1.54, 1.807) is 0 Å². The van der Waals surface area contributed by atoms with Gasteiger partial charge in [0.2, 0.25) is 5.91 Å². The molecule has 1 aromatic carbocycles. The van der Waals surface area contributed by atoms with Gasteiger partial charge in [0.05, 0.1) is 16.6 Å². The van der Waals surface area contributed by atoms with Crippen LogP contribution in [0.5, 0.6) is 0 Å². The molecule has 0 aromatic heterocycles. The van der Waals surface area contributed by atoms with Crippen LogP contribution in [0.4, 0.5) is 0 Å². The SMILES string of the molecule is CCC(=O)C1C(c2ccc(Cl)c(Cl)c2)CC2CCC1N2CCCN(CCS)CC(=O)NCCS. The lowest BCUT2D eigenvalue weighted by atomic mass is 9.73. The fourth-order valence-electron chi connectivity index (χ4n) is 5.76. The first-order chi connectivity index (χ1) is 16.4. The molecular formula is C25H37Cl2N3O2S2. The highest BCUT2D eigenvalue weighted by molar-refractivity contribution is 7.80. The lowest BCUT2D eigenvalue weighted by molar-refractivity contribution is -0.127. The fraction of sp³-hybridized carbons (Fsp3) is 0.680. The van der Waals surface area contributed by atoms with E-state index >= 15 is 0 Å². The predicted octanol–water partition coefficient (Wildman–Crippen LogP) is 4.58. The van der Waals surface area contributed by atoms with Crippen LogP contribution >= 0.6 is 48.5 Å². The van der Waals surface area contributed by atoms with Gasteiger partial charge in [0.1, 0.15) is 5.78 Å². The van der Waals surface area contributed by atoms with E-state index in [2.05, 4.69) is 40.4 Å². The van der Waals surface area contributed by atoms with Crippen LogP contribution in [0.2, 0.25) is 10.0 Å². The van der Waals surface area contributed by atoms with Gasteiger partial charge >= 0.3 is 0 Å². The normalized spacial score (nSPS) is 24.5. The number of hydrogen-bond donors (Lipinski definition) is 3. The minimum atomic E-state index is -0.0125. The number of nitrogens with one attached hydrogen (secondary N) is 1. The van der Waals surface area contributed by atoms with E-state index in [1.807, 2.05) is 25.1 Å². The average Bonchev–Trinajstić information content (AvgIpc) is 3.09. The monoisotopic (exact) mass is 545 g/mol. The van der Waals surface area contributed by atoms with Gasteiger partial charge in [-0.15, -0.1) is 0 Å². The fourth-order valence-corrected chi connectivity index (χ4v) is 6.47. The second kappa shape index (κ2) is 13.8. The molecule has 2 heterocycles. The highest BCUT2D eigenvalue weighted by atomic mass is 35.5. The Morgan fingerprint density at radius 2 is 1.94 bits per heavy atom. The molecule has 4 unspecified atom stereocenters. The molecule has 1 N–H and O–H groups in total. The molecule has 34 heavy (non-hydrogen) atoms. The summed E-state index contributed by atoms with van der Waals surface area (Å²) in [4.78, 5) is 30.1. The second-order valence-corrected chi connectivity index (χ2v) is 11.0. The van der Waals surface area contributed by atoms with Crippen molar-refractivity contribution < 1.29 is 9.59 Å². The minimum absolute atomic E-state index is 0.0125. The summed E-state index contributed by atoms with van der Waals surface area (Å²) in [7, 11) is 0. The first-order valence-corrected chi connectivity index (χ1v) is 14.4. The van der Waals surface area contributed by atoms with Crippen LogP contribution in [0, 0.1) is 5.92 Å². The maximum Gasteiger partial charge on any atom is 0.234 e. The van der Waals surface area contributed by atoms with E-state index < -0.39 is 0 Å². The summed E-state index contributed by atoms with van der Waals surface area (Å²) in [5.41, 5.74) is 1.13. The number of Topliss-reactive ketones (excluding diaryl/α,β-unsaturated/α-hetero) is 1. The zero-order chi connectivity index (χ0) is 24.7. The summed E-state index contributed by atoms with van der Waals surface area (Å²) < 4.78 is 0. The first-order valence-electron chi connectivity index (χ1n) is 12.3. The molecule has 0 saturated carbocycles. The van der Waals surface area contributed by atoms with Crippen molar-refractivity contribution >= 4 is 60.1 Å². The maximum atomic E-state index is 13.2. The summed E-state index contributed by atoms with van der Waals surface area (Å²) in [6.45, 7) is 5.50. The van der Waals surface area contributed by atoms with E-state index in [0.29, 0.717) is 52.9 Å². The Morgan fingerprint density at radius 1 is 1.15 bits per heavy atom. The number of ketones is 1. The molecule has 5 nitrogen and oxygen atoms in total. The summed E-state index contributed by atoms with van der Waals surface area (Å²) in [5.74, 6) is 1.90. The van der Waals surface area contributed by atoms with Gasteiger partial charge in [-0.05, 0) is 62.4 Å². The third-order valence-electron chi connectivity index (χ3n) is 7.26. The van der Waals surface area contributed by atoms with Crippen molar-refractivity contribution in [3.05, 3.63) is 33.8 Å². The topological polar surface area (TPSA) is 52.7 Å². The summed E-state index contributed by atoms with van der Waals surface area (Å²) in [6, 6.07) is 6.58. The molecule has 1 aromatic rings. The number of piperidine rings is 1. The van der Waals surface area contributed by atoms with E-state index in [4.69, 9.17) is 23.2 Å². The number of nitrogens with zero attached hydrogens (tertiary/aromatic N) is 2. The standard InChI is InChI=1S/C25H37Cl2N3O2S2/c1-2-23(31)25-19(17-4-6-20(26)21(27)14-17)15-18-5-7-22(25)30(18)10-3-9-29(11-13-34)16-24(32)28-8-12-33/h4,6,14,18-19,22,25,33-34H,2-3,5,7-13,15-16H2,1H3,(H,28,32). The number of benzene rings is 1. The van der Waals surface area contributed by atoms with Crippen LogP contribution in [0.3, 0.4) is 0 Å². The summed E-state index contributed by atoms with van der Waals surface area (Å²) >= 11 is 21.0. The number of thiol groups is 2. The van der Waals surface area contributed by atoms with Crippen LogP contribution in [-0.2, 0) is 9.59 Å². The molecule has 0 spiro atoms. The number of carbonyl (C=O) groups excluding carboxylic acids is 2. The highest BCUT2D eigenvalue weighted by Crippen LogP contribution is 2.48. The molecule has 0 aliphatic carbocycles. The lowest BCUT2D eigenvalue weighted by Gasteiger charge is -2.44. The zero-order valence-electron chi connectivity index (χ0n) is 19.9. The molecule has 2 bridgehead atoms. The average molecular weight is 547 g/mol. The quantitative estimate of drug-likeness (QED) is 0.317. The van der Waals surface area contributed by atoms with E-state index in [1.165, 1.54) is 0 Å². The molecule has 1 amide bonds. The summed E-state index contributed by atoms with van der Waals surface area (Å²) in [6.07, 6.45) is 4.67. The van der Waals surface area contributed by atoms with E-state index in [0.717, 1.165) is 50.9 Å². The molecule has 9 heteroatoms. The van der Waals surface area contributed by atoms with E-state index in [-0.39, 0.29) is 23.8 Å². The van der Waals surface area contributed by atoms with Crippen molar-refractivity contribution in [3.63, 3.8) is 0 Å². The molecule has 190 valence electrons. The third kappa shape index (κ3) is 7.07. The molecule has 3 rings (SSSR count). The number of carbonyl (C=O) groups is 2. The number of hydrogen-bond acceptors (Lipinski definition) is 6. The van der Waals surface area contributed by atoms with Crippen LogP contribution in [0.1, 0.15) is 50.5 Å². The maximum absolute atomic E-state index is 13.2. The summed E-state index contributed by atoms with van der Waals surface area (Å²) in [5, 5.41) is 4.00. The number of halogens is 2. The van der Waals surface area contributed by atoms with Crippen molar-refractivity contribution in [2.24, 2.45) is 5.92 Å². The van der Waals surface area contributed by atoms with Gasteiger partial charge in [-0.3, -0.25) is 19.4 Å². The molecule has 2 saturated heterocycles. The Balaban J connectivity index is 1.66. The van der Waals surface area contributed by atoms with Crippen LogP contribution < -0.4 is 5.32 Å². The first kappa shape index (κ1) is 28.1. The van der Waals surface area contributed by atoms with Crippen LogP contribution in [0.25, 0.3) is 0 Å². The van der Waals surface area contributed by atoms with Gasteiger partial charge in [-0.25, -0.2) is 0 Å². The smallest absolute Gasteiger partial charge is 0.234 e. The van der Waals surface area contributed by atoms with Gasteiger partial charge in [0.25, 0.3) is 0 Å². The predicted molar refractivity (Wildman–Crippen MR) is 148 cm³/mol. The van der Waals surface area contributed by atoms with Crippen LogP contribution in [-0.4, -0.2) is 77.8 Å². The van der Waals surface area contributed by atoms with Gasteiger partial charge in [-0.1, -0.05) is 36.2 Å². The van der Waals surface area contributed by atoms with E-state index in [9.17, 15) is 9.59 Å². The van der Waals surface area contributed by atoms with Gasteiger partial charge in [0.15, 0.2) is 0 Å². The Bertz CT molecular complexity index is 844. The molecule has 2 aliphatic rings. The highest BCUT2D eigenvalue weighted by Gasteiger charge is 2.49. The van der Waals surface area contributed by atoms with Crippen molar-refractivity contribution in [2.75, 3.05) is 44.2 Å². The van der Waals surface area contributed by atoms with Crippen molar-refractivity contribution in [3.8, 4) is 0 Å². The van der Waals surface area contributed by atoms with Crippen molar-refractivity contribution in [2.45, 2.75) is 57.0 Å². The van der Waals surface area contributed by atoms with Gasteiger partial charge in [-0.2, -0.15) is 25.3 Å². The number of amides is 1. The molecule has 2 aliphatic heterocycles. The van der Waals surface area contributed by atoms with Crippen molar-refractivity contribution in [1.29, 1.82) is 0 Å². The minimum Gasteiger partial charge on any atom is -0.354 e. The Hall–Kier alpha value is -0.440. The van der Waals surface area contributed by atoms with Crippen LogP contribution in [0.15, 0.2) is 18.2 Å². The zero-order valence-corrected chi connectivity index (χ0v) is 23.2. The van der Waals surface area contributed by atoms with Gasteiger partial charge < -0.3 is 5.32 Å².